The molecule has 6 heteroatoms. The quantitative estimate of drug-likeness (QED) is 0.734. The molecule has 144 valence electrons. The topological polar surface area (TPSA) is 77.5 Å². The van der Waals surface area contributed by atoms with Gasteiger partial charge in [0.25, 0.3) is 5.91 Å². The zero-order chi connectivity index (χ0) is 19.8. The molecule has 1 amide bonds. The minimum Gasteiger partial charge on any atom is -0.496 e. The SMILES string of the molecule is COc1c(C)cnc(CNC(=O)COc2ccc(CCC(C)=O)cc2)c1C. The van der Waals surface area contributed by atoms with Gasteiger partial charge in [-0.25, -0.2) is 0 Å². The van der Waals surface area contributed by atoms with Crippen LogP contribution in [0.3, 0.4) is 0 Å². The third kappa shape index (κ3) is 6.09. The van der Waals surface area contributed by atoms with Gasteiger partial charge in [0.2, 0.25) is 0 Å². The van der Waals surface area contributed by atoms with Crippen LogP contribution in [0.1, 0.15) is 35.7 Å². The first kappa shape index (κ1) is 20.4. The third-order valence-corrected chi connectivity index (χ3v) is 4.26. The Hall–Kier alpha value is -2.89. The second-order valence-electron chi connectivity index (χ2n) is 6.46. The van der Waals surface area contributed by atoms with Crippen LogP contribution in [-0.2, 0) is 22.6 Å². The summed E-state index contributed by atoms with van der Waals surface area (Å²) in [6.45, 7) is 5.67. The van der Waals surface area contributed by atoms with Gasteiger partial charge in [-0.15, -0.1) is 0 Å². The highest BCUT2D eigenvalue weighted by molar-refractivity contribution is 5.77. The van der Waals surface area contributed by atoms with Gasteiger partial charge in [-0.1, -0.05) is 12.1 Å². The number of carbonyl (C=O) groups is 2. The lowest BCUT2D eigenvalue weighted by Crippen LogP contribution is -2.29. The highest BCUT2D eigenvalue weighted by Crippen LogP contribution is 2.23. The lowest BCUT2D eigenvalue weighted by atomic mass is 10.1. The van der Waals surface area contributed by atoms with E-state index in [-0.39, 0.29) is 18.3 Å². The molecule has 0 aliphatic heterocycles. The summed E-state index contributed by atoms with van der Waals surface area (Å²) in [4.78, 5) is 27.4. The minimum absolute atomic E-state index is 0.0746. The molecule has 0 saturated carbocycles. The van der Waals surface area contributed by atoms with Crippen molar-refractivity contribution in [3.8, 4) is 11.5 Å². The van der Waals surface area contributed by atoms with Crippen molar-refractivity contribution >= 4 is 11.7 Å². The number of Topliss-reactive ketones (excluding diaryl/α,β-unsaturated/α-hetero) is 1. The number of nitrogens with zero attached hydrogens (tertiary/aromatic N) is 1. The van der Waals surface area contributed by atoms with E-state index in [1.165, 1.54) is 0 Å². The lowest BCUT2D eigenvalue weighted by molar-refractivity contribution is -0.123. The van der Waals surface area contributed by atoms with E-state index >= 15 is 0 Å². The highest BCUT2D eigenvalue weighted by Gasteiger charge is 2.11. The van der Waals surface area contributed by atoms with Crippen molar-refractivity contribution in [2.24, 2.45) is 0 Å². The van der Waals surface area contributed by atoms with Gasteiger partial charge >= 0.3 is 0 Å². The average molecular weight is 370 g/mol. The Morgan fingerprint density at radius 3 is 2.48 bits per heavy atom. The third-order valence-electron chi connectivity index (χ3n) is 4.26. The summed E-state index contributed by atoms with van der Waals surface area (Å²) < 4.78 is 10.9. The predicted octanol–water partition coefficient (Wildman–Crippen LogP) is 2.92. The van der Waals surface area contributed by atoms with Gasteiger partial charge in [0.05, 0.1) is 19.3 Å². The summed E-state index contributed by atoms with van der Waals surface area (Å²) in [6.07, 6.45) is 2.97. The van der Waals surface area contributed by atoms with Crippen molar-refractivity contribution in [1.82, 2.24) is 10.3 Å². The number of rotatable bonds is 9. The van der Waals surface area contributed by atoms with Crippen molar-refractivity contribution < 1.29 is 19.1 Å². The molecule has 1 N–H and O–H groups in total. The van der Waals surface area contributed by atoms with Gasteiger partial charge in [0.15, 0.2) is 6.61 Å². The minimum atomic E-state index is -0.226. The summed E-state index contributed by atoms with van der Waals surface area (Å²) in [5.41, 5.74) is 3.71. The number of methoxy groups -OCH3 is 1. The van der Waals surface area contributed by atoms with Crippen LogP contribution in [0.5, 0.6) is 11.5 Å². The first-order chi connectivity index (χ1) is 12.9. The second kappa shape index (κ2) is 9.71. The lowest BCUT2D eigenvalue weighted by Gasteiger charge is -2.13. The molecule has 0 aliphatic rings. The zero-order valence-corrected chi connectivity index (χ0v) is 16.3. The Bertz CT molecular complexity index is 801. The van der Waals surface area contributed by atoms with Gasteiger partial charge in [-0.05, 0) is 44.9 Å². The molecule has 0 unspecified atom stereocenters. The van der Waals surface area contributed by atoms with E-state index < -0.39 is 0 Å². The molecule has 2 aromatic rings. The van der Waals surface area contributed by atoms with Gasteiger partial charge in [-0.3, -0.25) is 9.78 Å². The predicted molar refractivity (Wildman–Crippen MR) is 103 cm³/mol. The van der Waals surface area contributed by atoms with Crippen LogP contribution in [0.4, 0.5) is 0 Å². The van der Waals surface area contributed by atoms with Crippen LogP contribution in [-0.4, -0.2) is 30.4 Å². The normalized spacial score (nSPS) is 10.4. The van der Waals surface area contributed by atoms with E-state index in [0.29, 0.717) is 25.1 Å². The van der Waals surface area contributed by atoms with Crippen LogP contribution in [0.25, 0.3) is 0 Å². The molecular formula is C21H26N2O4. The number of aromatic nitrogens is 1. The Balaban J connectivity index is 1.82. The van der Waals surface area contributed by atoms with Gasteiger partial charge in [0.1, 0.15) is 17.3 Å². The summed E-state index contributed by atoms with van der Waals surface area (Å²) in [5, 5.41) is 2.81. The van der Waals surface area contributed by atoms with E-state index in [4.69, 9.17) is 9.47 Å². The molecule has 1 aromatic carbocycles. The monoisotopic (exact) mass is 370 g/mol. The van der Waals surface area contributed by atoms with Gasteiger partial charge in [-0.2, -0.15) is 0 Å². The van der Waals surface area contributed by atoms with Crippen LogP contribution in [0.15, 0.2) is 30.5 Å². The van der Waals surface area contributed by atoms with E-state index in [1.54, 1.807) is 32.4 Å². The number of carbonyl (C=O) groups excluding carboxylic acids is 2. The summed E-state index contributed by atoms with van der Waals surface area (Å²) in [7, 11) is 1.62. The number of nitrogens with one attached hydrogen (secondary N) is 1. The van der Waals surface area contributed by atoms with Crippen molar-refractivity contribution in [1.29, 1.82) is 0 Å². The Labute approximate surface area is 159 Å². The maximum atomic E-state index is 12.0. The molecule has 0 bridgehead atoms. The smallest absolute Gasteiger partial charge is 0.258 e. The number of ether oxygens (including phenoxy) is 2. The number of hydrogen-bond donors (Lipinski definition) is 1. The van der Waals surface area contributed by atoms with Crippen molar-refractivity contribution in [2.75, 3.05) is 13.7 Å². The number of hydrogen-bond acceptors (Lipinski definition) is 5. The summed E-state index contributed by atoms with van der Waals surface area (Å²) in [5.74, 6) is 1.35. The van der Waals surface area contributed by atoms with Crippen molar-refractivity contribution in [2.45, 2.75) is 40.2 Å². The Kier molecular flexibility index (Phi) is 7.34. The standard InChI is InChI=1S/C21H26N2O4/c1-14-11-22-19(16(3)21(14)26-4)12-23-20(25)13-27-18-9-7-17(8-10-18)6-5-15(2)24/h7-11H,5-6,12-13H2,1-4H3,(H,23,25). The average Bonchev–Trinajstić information content (AvgIpc) is 2.65. The molecule has 0 atom stereocenters. The molecule has 1 aromatic heterocycles. The van der Waals surface area contributed by atoms with E-state index in [9.17, 15) is 9.59 Å². The summed E-state index contributed by atoms with van der Waals surface area (Å²) >= 11 is 0. The molecule has 27 heavy (non-hydrogen) atoms. The molecule has 0 aliphatic carbocycles. The first-order valence-corrected chi connectivity index (χ1v) is 8.87. The second-order valence-corrected chi connectivity index (χ2v) is 6.46. The molecule has 0 radical (unpaired) electrons. The van der Waals surface area contributed by atoms with Crippen LogP contribution in [0, 0.1) is 13.8 Å². The number of aryl methyl sites for hydroxylation is 2. The number of pyridine rings is 1. The first-order valence-electron chi connectivity index (χ1n) is 8.87. The fourth-order valence-corrected chi connectivity index (χ4v) is 2.70. The van der Waals surface area contributed by atoms with Gasteiger partial charge < -0.3 is 19.6 Å². The van der Waals surface area contributed by atoms with Crippen LogP contribution < -0.4 is 14.8 Å². The van der Waals surface area contributed by atoms with Gasteiger partial charge in [0, 0.05) is 23.7 Å². The highest BCUT2D eigenvalue weighted by atomic mass is 16.5. The maximum Gasteiger partial charge on any atom is 0.258 e. The molecular weight excluding hydrogens is 344 g/mol. The Morgan fingerprint density at radius 1 is 1.15 bits per heavy atom. The summed E-state index contributed by atoms with van der Waals surface area (Å²) in [6, 6.07) is 7.42. The van der Waals surface area contributed by atoms with E-state index in [2.05, 4.69) is 10.3 Å². The number of ketones is 1. The maximum absolute atomic E-state index is 12.0. The number of benzene rings is 1. The van der Waals surface area contributed by atoms with E-state index in [0.717, 1.165) is 28.1 Å². The van der Waals surface area contributed by atoms with E-state index in [1.807, 2.05) is 26.0 Å². The molecule has 0 fully saturated rings. The van der Waals surface area contributed by atoms with Crippen molar-refractivity contribution in [3.05, 3.63) is 52.8 Å². The fourth-order valence-electron chi connectivity index (χ4n) is 2.70. The number of amides is 1. The largest absolute Gasteiger partial charge is 0.496 e. The molecule has 0 spiro atoms. The zero-order valence-electron chi connectivity index (χ0n) is 16.3. The van der Waals surface area contributed by atoms with Crippen LogP contribution >= 0.6 is 0 Å². The van der Waals surface area contributed by atoms with Crippen LogP contribution in [0.2, 0.25) is 0 Å². The molecule has 6 nitrogen and oxygen atoms in total. The Morgan fingerprint density at radius 2 is 1.85 bits per heavy atom. The molecule has 1 heterocycles. The fraction of sp³-hybridized carbons (Fsp3) is 0.381. The molecule has 0 saturated heterocycles. The van der Waals surface area contributed by atoms with Crippen molar-refractivity contribution in [3.63, 3.8) is 0 Å². The molecule has 2 rings (SSSR count).